The van der Waals surface area contributed by atoms with Crippen LogP contribution in [-0.2, 0) is 11.2 Å². The minimum absolute atomic E-state index is 0.309. The Balaban J connectivity index is 1.45. The molecule has 126 valence electrons. The van der Waals surface area contributed by atoms with Gasteiger partial charge in [-0.25, -0.2) is 0 Å². The molecule has 1 amide bonds. The fraction of sp³-hybridized carbons (Fsp3) is 0.667. The zero-order chi connectivity index (χ0) is 16.1. The first-order valence-corrected chi connectivity index (χ1v) is 8.78. The minimum atomic E-state index is 0.309. The predicted octanol–water partition coefficient (Wildman–Crippen LogP) is 1.11. The van der Waals surface area contributed by atoms with Crippen LogP contribution in [0, 0.1) is 5.92 Å². The van der Waals surface area contributed by atoms with Crippen LogP contribution < -0.4 is 0 Å². The number of carbonyl (C=O) groups is 1. The Labute approximate surface area is 139 Å². The van der Waals surface area contributed by atoms with Crippen molar-refractivity contribution in [2.45, 2.75) is 19.3 Å². The van der Waals surface area contributed by atoms with Gasteiger partial charge in [0.05, 0.1) is 6.54 Å². The van der Waals surface area contributed by atoms with Crippen molar-refractivity contribution >= 4 is 5.91 Å². The number of hydrogen-bond donors (Lipinski definition) is 0. The van der Waals surface area contributed by atoms with E-state index in [0.717, 1.165) is 58.5 Å². The Morgan fingerprint density at radius 1 is 1.26 bits per heavy atom. The molecule has 0 saturated carbocycles. The summed E-state index contributed by atoms with van der Waals surface area (Å²) in [5, 5.41) is 0. The highest BCUT2D eigenvalue weighted by atomic mass is 16.2. The molecule has 3 heterocycles. The molecule has 5 heteroatoms. The van der Waals surface area contributed by atoms with E-state index in [1.165, 1.54) is 5.56 Å². The SMILES string of the molecule is CN1CCCN(CC(=O)N2CCC(Cc3cccnc3)C2)CC1. The number of aromatic nitrogens is 1. The average Bonchev–Trinajstić information content (AvgIpc) is 2.92. The molecule has 0 radical (unpaired) electrons. The third kappa shape index (κ3) is 4.75. The van der Waals surface area contributed by atoms with Gasteiger partial charge in [-0.1, -0.05) is 6.07 Å². The highest BCUT2D eigenvalue weighted by molar-refractivity contribution is 5.78. The summed E-state index contributed by atoms with van der Waals surface area (Å²) < 4.78 is 0. The third-order valence-corrected chi connectivity index (χ3v) is 5.06. The van der Waals surface area contributed by atoms with E-state index in [1.54, 1.807) is 0 Å². The van der Waals surface area contributed by atoms with Gasteiger partial charge in [0.1, 0.15) is 0 Å². The fourth-order valence-electron chi connectivity index (χ4n) is 3.63. The topological polar surface area (TPSA) is 39.7 Å². The van der Waals surface area contributed by atoms with Crippen LogP contribution in [-0.4, -0.2) is 78.5 Å². The van der Waals surface area contributed by atoms with Crippen LogP contribution in [0.2, 0.25) is 0 Å². The molecule has 2 aliphatic heterocycles. The smallest absolute Gasteiger partial charge is 0.236 e. The van der Waals surface area contributed by atoms with E-state index in [4.69, 9.17) is 0 Å². The molecule has 0 bridgehead atoms. The Morgan fingerprint density at radius 3 is 3.00 bits per heavy atom. The summed E-state index contributed by atoms with van der Waals surface area (Å²) >= 11 is 0. The van der Waals surface area contributed by atoms with Gasteiger partial charge in [-0.2, -0.15) is 0 Å². The van der Waals surface area contributed by atoms with Gasteiger partial charge < -0.3 is 9.80 Å². The minimum Gasteiger partial charge on any atom is -0.341 e. The number of nitrogens with zero attached hydrogens (tertiary/aromatic N) is 4. The number of rotatable bonds is 4. The summed E-state index contributed by atoms with van der Waals surface area (Å²) in [6, 6.07) is 4.12. The van der Waals surface area contributed by atoms with Crippen molar-refractivity contribution in [3.8, 4) is 0 Å². The molecule has 0 aliphatic carbocycles. The summed E-state index contributed by atoms with van der Waals surface area (Å²) in [4.78, 5) is 23.5. The van der Waals surface area contributed by atoms with Crippen molar-refractivity contribution in [1.29, 1.82) is 0 Å². The second-order valence-electron chi connectivity index (χ2n) is 6.99. The third-order valence-electron chi connectivity index (χ3n) is 5.06. The zero-order valence-corrected chi connectivity index (χ0v) is 14.2. The second-order valence-corrected chi connectivity index (χ2v) is 6.99. The highest BCUT2D eigenvalue weighted by Crippen LogP contribution is 2.20. The maximum Gasteiger partial charge on any atom is 0.236 e. The van der Waals surface area contributed by atoms with Crippen LogP contribution in [0.3, 0.4) is 0 Å². The monoisotopic (exact) mass is 316 g/mol. The predicted molar refractivity (Wildman–Crippen MR) is 91.2 cm³/mol. The molecule has 0 aromatic carbocycles. The molecular formula is C18H28N4O. The zero-order valence-electron chi connectivity index (χ0n) is 14.2. The van der Waals surface area contributed by atoms with E-state index in [-0.39, 0.29) is 0 Å². The van der Waals surface area contributed by atoms with Crippen molar-refractivity contribution in [2.75, 3.05) is 52.9 Å². The highest BCUT2D eigenvalue weighted by Gasteiger charge is 2.27. The first-order chi connectivity index (χ1) is 11.2. The van der Waals surface area contributed by atoms with Crippen LogP contribution in [0.5, 0.6) is 0 Å². The van der Waals surface area contributed by atoms with Gasteiger partial charge in [0.2, 0.25) is 5.91 Å². The molecule has 1 unspecified atom stereocenters. The quantitative estimate of drug-likeness (QED) is 0.834. The Bertz CT molecular complexity index is 507. The molecule has 2 saturated heterocycles. The lowest BCUT2D eigenvalue weighted by atomic mass is 10.0. The Hall–Kier alpha value is -1.46. The molecule has 23 heavy (non-hydrogen) atoms. The van der Waals surface area contributed by atoms with Crippen molar-refractivity contribution in [3.63, 3.8) is 0 Å². The summed E-state index contributed by atoms with van der Waals surface area (Å²) in [6.45, 7) is 6.67. The van der Waals surface area contributed by atoms with E-state index in [0.29, 0.717) is 18.4 Å². The van der Waals surface area contributed by atoms with E-state index in [9.17, 15) is 4.79 Å². The number of pyridine rings is 1. The maximum absolute atomic E-state index is 12.6. The largest absolute Gasteiger partial charge is 0.341 e. The number of hydrogen-bond acceptors (Lipinski definition) is 4. The van der Waals surface area contributed by atoms with Crippen molar-refractivity contribution < 1.29 is 4.79 Å². The molecule has 0 N–H and O–H groups in total. The molecule has 1 aromatic rings. The van der Waals surface area contributed by atoms with Crippen LogP contribution in [0.1, 0.15) is 18.4 Å². The standard InChI is InChI=1S/C18H28N4O/c1-20-7-3-8-21(11-10-20)15-18(23)22-9-5-17(14-22)12-16-4-2-6-19-13-16/h2,4,6,13,17H,3,5,7-12,14-15H2,1H3. The number of amides is 1. The lowest BCUT2D eigenvalue weighted by Crippen LogP contribution is -2.40. The molecule has 2 aliphatic rings. The first kappa shape index (κ1) is 16.4. The Morgan fingerprint density at radius 2 is 2.17 bits per heavy atom. The van der Waals surface area contributed by atoms with Gasteiger partial charge in [-0.3, -0.25) is 14.7 Å². The van der Waals surface area contributed by atoms with Crippen LogP contribution >= 0.6 is 0 Å². The fourth-order valence-corrected chi connectivity index (χ4v) is 3.63. The molecule has 0 spiro atoms. The molecule has 5 nitrogen and oxygen atoms in total. The van der Waals surface area contributed by atoms with Gasteiger partial charge in [-0.15, -0.1) is 0 Å². The van der Waals surface area contributed by atoms with E-state index >= 15 is 0 Å². The lowest BCUT2D eigenvalue weighted by Gasteiger charge is -2.23. The van der Waals surface area contributed by atoms with Crippen molar-refractivity contribution in [1.82, 2.24) is 19.7 Å². The van der Waals surface area contributed by atoms with Gasteiger partial charge in [0, 0.05) is 38.6 Å². The second kappa shape index (κ2) is 7.88. The first-order valence-electron chi connectivity index (χ1n) is 8.78. The number of likely N-dealkylation sites (tertiary alicyclic amines) is 1. The van der Waals surface area contributed by atoms with Crippen molar-refractivity contribution in [2.24, 2.45) is 5.92 Å². The maximum atomic E-state index is 12.6. The molecule has 1 aromatic heterocycles. The number of carbonyl (C=O) groups excluding carboxylic acids is 1. The van der Waals surface area contributed by atoms with E-state index in [2.05, 4.69) is 32.8 Å². The normalized spacial score (nSPS) is 23.9. The van der Waals surface area contributed by atoms with Crippen LogP contribution in [0.4, 0.5) is 0 Å². The molecule has 1 atom stereocenters. The Kier molecular flexibility index (Phi) is 5.62. The van der Waals surface area contributed by atoms with E-state index in [1.807, 2.05) is 18.5 Å². The summed E-state index contributed by atoms with van der Waals surface area (Å²) in [6.07, 6.45) is 7.06. The van der Waals surface area contributed by atoms with Gasteiger partial charge in [-0.05, 0) is 56.9 Å². The summed E-state index contributed by atoms with van der Waals surface area (Å²) in [5.74, 6) is 0.890. The lowest BCUT2D eigenvalue weighted by molar-refractivity contribution is -0.131. The molecule has 3 rings (SSSR count). The van der Waals surface area contributed by atoms with Gasteiger partial charge >= 0.3 is 0 Å². The van der Waals surface area contributed by atoms with E-state index < -0.39 is 0 Å². The van der Waals surface area contributed by atoms with Gasteiger partial charge in [0.15, 0.2) is 0 Å². The number of likely N-dealkylation sites (N-methyl/N-ethyl adjacent to an activating group) is 1. The van der Waals surface area contributed by atoms with Crippen LogP contribution in [0.25, 0.3) is 0 Å². The summed E-state index contributed by atoms with van der Waals surface area (Å²) in [7, 11) is 2.16. The van der Waals surface area contributed by atoms with Crippen molar-refractivity contribution in [3.05, 3.63) is 30.1 Å². The summed E-state index contributed by atoms with van der Waals surface area (Å²) in [5.41, 5.74) is 1.28. The average molecular weight is 316 g/mol. The van der Waals surface area contributed by atoms with Gasteiger partial charge in [0.25, 0.3) is 0 Å². The molecule has 2 fully saturated rings. The molecular weight excluding hydrogens is 288 g/mol. The van der Waals surface area contributed by atoms with Crippen LogP contribution in [0.15, 0.2) is 24.5 Å².